The van der Waals surface area contributed by atoms with Crippen molar-refractivity contribution in [3.63, 3.8) is 0 Å². The second kappa shape index (κ2) is 14.2. The lowest BCUT2D eigenvalue weighted by molar-refractivity contribution is -0.142. The Balaban J connectivity index is 3.34. The molecule has 0 saturated heterocycles. The van der Waals surface area contributed by atoms with Crippen molar-refractivity contribution in [3.05, 3.63) is 34.9 Å². The van der Waals surface area contributed by atoms with E-state index in [4.69, 9.17) is 4.74 Å². The SMILES string of the molecule is CCCCNC(=O)C(c1ccc(C)cc1C)N(CC)C(=O)C(CCSC)NC(=O)OC(C)(C)C. The highest BCUT2D eigenvalue weighted by molar-refractivity contribution is 7.98. The molecule has 1 rings (SSSR count). The standard InChI is InChI=1S/C26H43N3O4S/c1-9-11-15-27-23(30)22(20-13-12-18(3)17-19(20)4)29(10-2)24(31)21(14-16-34-8)28-25(32)33-26(5,6)7/h12-13,17,21-22H,9-11,14-16H2,1-8H3,(H,27,30)(H,28,32). The van der Waals surface area contributed by atoms with Gasteiger partial charge in [0, 0.05) is 13.1 Å². The number of aryl methyl sites for hydroxylation is 2. The molecule has 0 aliphatic rings. The average molecular weight is 494 g/mol. The molecule has 0 fully saturated rings. The maximum atomic E-state index is 13.8. The van der Waals surface area contributed by atoms with Gasteiger partial charge in [0.2, 0.25) is 11.8 Å². The van der Waals surface area contributed by atoms with Crippen LogP contribution in [0.1, 0.15) is 76.6 Å². The minimum absolute atomic E-state index is 0.212. The van der Waals surface area contributed by atoms with Crippen LogP contribution in [0.25, 0.3) is 0 Å². The minimum Gasteiger partial charge on any atom is -0.444 e. The molecule has 8 heteroatoms. The molecule has 1 aromatic carbocycles. The van der Waals surface area contributed by atoms with Gasteiger partial charge in [-0.2, -0.15) is 11.8 Å². The third kappa shape index (κ3) is 9.57. The van der Waals surface area contributed by atoms with Crippen LogP contribution in [0.3, 0.4) is 0 Å². The van der Waals surface area contributed by atoms with Gasteiger partial charge in [0.15, 0.2) is 0 Å². The lowest BCUT2D eigenvalue weighted by atomic mass is 9.96. The van der Waals surface area contributed by atoms with E-state index in [2.05, 4.69) is 17.6 Å². The van der Waals surface area contributed by atoms with Crippen LogP contribution in [-0.4, -0.2) is 59.5 Å². The van der Waals surface area contributed by atoms with Crippen molar-refractivity contribution in [1.82, 2.24) is 15.5 Å². The van der Waals surface area contributed by atoms with Crippen LogP contribution in [0.4, 0.5) is 4.79 Å². The molecule has 0 aromatic heterocycles. The first-order chi connectivity index (χ1) is 15.9. The topological polar surface area (TPSA) is 87.7 Å². The van der Waals surface area contributed by atoms with Crippen LogP contribution in [0.15, 0.2) is 18.2 Å². The number of amides is 3. The third-order valence-corrected chi connectivity index (χ3v) is 5.98. The number of nitrogens with one attached hydrogen (secondary N) is 2. The fraction of sp³-hybridized carbons (Fsp3) is 0.654. The summed E-state index contributed by atoms with van der Waals surface area (Å²) in [7, 11) is 0. The molecule has 1 aromatic rings. The van der Waals surface area contributed by atoms with E-state index in [0.29, 0.717) is 25.3 Å². The molecule has 0 saturated carbocycles. The first-order valence-electron chi connectivity index (χ1n) is 12.1. The van der Waals surface area contributed by atoms with E-state index >= 15 is 0 Å². The maximum Gasteiger partial charge on any atom is 0.408 e. The van der Waals surface area contributed by atoms with Crippen LogP contribution in [-0.2, 0) is 14.3 Å². The Bertz CT molecular complexity index is 823. The van der Waals surface area contributed by atoms with Gasteiger partial charge in [-0.05, 0) is 77.5 Å². The summed E-state index contributed by atoms with van der Waals surface area (Å²) >= 11 is 1.59. The van der Waals surface area contributed by atoms with Gasteiger partial charge >= 0.3 is 6.09 Å². The van der Waals surface area contributed by atoms with Gasteiger partial charge in [0.25, 0.3) is 0 Å². The van der Waals surface area contributed by atoms with Crippen molar-refractivity contribution in [2.24, 2.45) is 0 Å². The van der Waals surface area contributed by atoms with Gasteiger partial charge < -0.3 is 20.3 Å². The molecule has 7 nitrogen and oxygen atoms in total. The second-order valence-corrected chi connectivity index (χ2v) is 10.5. The van der Waals surface area contributed by atoms with Crippen LogP contribution in [0.5, 0.6) is 0 Å². The zero-order valence-electron chi connectivity index (χ0n) is 22.1. The van der Waals surface area contributed by atoms with Gasteiger partial charge in [-0.15, -0.1) is 0 Å². The van der Waals surface area contributed by atoms with Crippen molar-refractivity contribution in [2.45, 2.75) is 85.4 Å². The summed E-state index contributed by atoms with van der Waals surface area (Å²) in [5, 5.41) is 5.75. The molecule has 34 heavy (non-hydrogen) atoms. The molecular formula is C26H43N3O4S. The molecule has 0 spiro atoms. The van der Waals surface area contributed by atoms with Crippen LogP contribution >= 0.6 is 11.8 Å². The molecule has 0 bridgehead atoms. The number of benzene rings is 1. The summed E-state index contributed by atoms with van der Waals surface area (Å²) in [4.78, 5) is 41.2. The Morgan fingerprint density at radius 2 is 1.82 bits per heavy atom. The minimum atomic E-state index is -0.793. The number of carbonyl (C=O) groups excluding carboxylic acids is 3. The highest BCUT2D eigenvalue weighted by Crippen LogP contribution is 2.27. The van der Waals surface area contributed by atoms with Crippen molar-refractivity contribution in [3.8, 4) is 0 Å². The molecule has 0 heterocycles. The fourth-order valence-electron chi connectivity index (χ4n) is 3.68. The highest BCUT2D eigenvalue weighted by atomic mass is 32.2. The normalized spacial score (nSPS) is 13.1. The smallest absolute Gasteiger partial charge is 0.408 e. The maximum absolute atomic E-state index is 13.8. The predicted octanol–water partition coefficient (Wildman–Crippen LogP) is 4.76. The highest BCUT2D eigenvalue weighted by Gasteiger charge is 2.35. The van der Waals surface area contributed by atoms with Gasteiger partial charge in [-0.25, -0.2) is 4.79 Å². The number of thioether (sulfide) groups is 1. The number of unbranched alkanes of at least 4 members (excludes halogenated alkanes) is 1. The molecule has 3 amide bonds. The largest absolute Gasteiger partial charge is 0.444 e. The van der Waals surface area contributed by atoms with Gasteiger partial charge in [0.05, 0.1) is 0 Å². The van der Waals surface area contributed by atoms with E-state index in [1.54, 1.807) is 37.4 Å². The van der Waals surface area contributed by atoms with Gasteiger partial charge in [-0.3, -0.25) is 9.59 Å². The van der Waals surface area contributed by atoms with Crippen molar-refractivity contribution in [1.29, 1.82) is 0 Å². The van der Waals surface area contributed by atoms with E-state index in [0.717, 1.165) is 29.5 Å². The van der Waals surface area contributed by atoms with Crippen molar-refractivity contribution < 1.29 is 19.1 Å². The van der Waals surface area contributed by atoms with Crippen LogP contribution in [0.2, 0.25) is 0 Å². The molecule has 0 aliphatic carbocycles. The number of hydrogen-bond acceptors (Lipinski definition) is 5. The van der Waals surface area contributed by atoms with Crippen molar-refractivity contribution >= 4 is 29.7 Å². The van der Waals surface area contributed by atoms with Crippen LogP contribution in [0, 0.1) is 13.8 Å². The Labute approximate surface area is 209 Å². The number of carbonyl (C=O) groups is 3. The molecule has 0 radical (unpaired) electrons. The fourth-order valence-corrected chi connectivity index (χ4v) is 4.15. The number of alkyl carbamates (subject to hydrolysis) is 1. The Hall–Kier alpha value is -2.22. The predicted molar refractivity (Wildman–Crippen MR) is 140 cm³/mol. The Morgan fingerprint density at radius 3 is 2.35 bits per heavy atom. The first-order valence-corrected chi connectivity index (χ1v) is 13.5. The molecule has 2 atom stereocenters. The summed E-state index contributed by atoms with van der Waals surface area (Å²) in [6.45, 7) is 14.1. The number of hydrogen-bond donors (Lipinski definition) is 2. The Morgan fingerprint density at radius 1 is 1.15 bits per heavy atom. The van der Waals surface area contributed by atoms with E-state index in [-0.39, 0.29) is 11.8 Å². The van der Waals surface area contributed by atoms with Gasteiger partial charge in [0.1, 0.15) is 17.7 Å². The molecular weight excluding hydrogens is 450 g/mol. The third-order valence-electron chi connectivity index (χ3n) is 5.33. The zero-order valence-corrected chi connectivity index (χ0v) is 22.9. The number of ether oxygens (including phenoxy) is 1. The lowest BCUT2D eigenvalue weighted by Crippen LogP contribution is -2.53. The summed E-state index contributed by atoms with van der Waals surface area (Å²) in [6, 6.07) is 4.32. The summed E-state index contributed by atoms with van der Waals surface area (Å²) in [5.41, 5.74) is 2.14. The number of rotatable bonds is 12. The van der Waals surface area contributed by atoms with E-state index in [1.807, 2.05) is 45.2 Å². The van der Waals surface area contributed by atoms with Crippen LogP contribution < -0.4 is 10.6 Å². The number of nitrogens with zero attached hydrogens (tertiary/aromatic N) is 1. The number of likely N-dealkylation sites (N-methyl/N-ethyl adjacent to an activating group) is 1. The lowest BCUT2D eigenvalue weighted by Gasteiger charge is -2.34. The summed E-state index contributed by atoms with van der Waals surface area (Å²) in [6.07, 6.45) is 3.57. The molecule has 2 N–H and O–H groups in total. The monoisotopic (exact) mass is 493 g/mol. The second-order valence-electron chi connectivity index (χ2n) is 9.51. The molecule has 192 valence electrons. The Kier molecular flexibility index (Phi) is 12.5. The van der Waals surface area contributed by atoms with Crippen molar-refractivity contribution in [2.75, 3.05) is 25.1 Å². The molecule has 2 unspecified atom stereocenters. The summed E-state index contributed by atoms with van der Waals surface area (Å²) < 4.78 is 5.40. The van der Waals surface area contributed by atoms with E-state index in [9.17, 15) is 14.4 Å². The first kappa shape index (κ1) is 29.8. The zero-order chi connectivity index (χ0) is 25.9. The molecule has 0 aliphatic heterocycles. The quantitative estimate of drug-likeness (QED) is 0.410. The average Bonchev–Trinajstić information content (AvgIpc) is 2.74. The van der Waals surface area contributed by atoms with Gasteiger partial charge in [-0.1, -0.05) is 37.1 Å². The van der Waals surface area contributed by atoms with E-state index in [1.165, 1.54) is 0 Å². The summed E-state index contributed by atoms with van der Waals surface area (Å²) in [5.74, 6) is 0.176. The van der Waals surface area contributed by atoms with E-state index < -0.39 is 23.8 Å².